The van der Waals surface area contributed by atoms with Gasteiger partial charge in [-0.25, -0.2) is 0 Å². The van der Waals surface area contributed by atoms with E-state index in [1.165, 1.54) is 122 Å². The second-order valence-electron chi connectivity index (χ2n) is 27.9. The Morgan fingerprint density at radius 1 is 0.266 bits per heavy atom. The molecule has 0 amide bonds. The van der Waals surface area contributed by atoms with E-state index in [0.29, 0.717) is 0 Å². The summed E-state index contributed by atoms with van der Waals surface area (Å²) in [7, 11) is 0. The molecule has 0 N–H and O–H groups in total. The molecule has 0 fully saturated rings. The first-order valence-corrected chi connectivity index (χ1v) is 28.8. The van der Waals surface area contributed by atoms with E-state index in [-0.39, 0.29) is 33.8 Å². The lowest BCUT2D eigenvalue weighted by Gasteiger charge is -2.45. The summed E-state index contributed by atoms with van der Waals surface area (Å²) in [5.74, 6) is 0. The monoisotopic (exact) mass is 1030 g/mol. The van der Waals surface area contributed by atoms with Gasteiger partial charge in [0, 0.05) is 34.1 Å². The van der Waals surface area contributed by atoms with E-state index < -0.39 is 0 Å². The first kappa shape index (κ1) is 52.1. The Morgan fingerprint density at radius 3 is 0.962 bits per heavy atom. The average Bonchev–Trinajstić information content (AvgIpc) is 3.29. The number of hydrogen-bond donors (Lipinski definition) is 0. The zero-order valence-electron chi connectivity index (χ0n) is 49.4. The van der Waals surface area contributed by atoms with Gasteiger partial charge in [0.2, 0.25) is 0 Å². The van der Waals surface area contributed by atoms with E-state index in [1.807, 2.05) is 0 Å². The predicted molar refractivity (Wildman–Crippen MR) is 345 cm³/mol. The minimum Gasteiger partial charge on any atom is -0.311 e. The van der Waals surface area contributed by atoms with Crippen LogP contribution in [0.2, 0.25) is 0 Å². The number of hydrogen-bond acceptors (Lipinski definition) is 2. The minimum atomic E-state index is -0.0642. The van der Waals surface area contributed by atoms with Gasteiger partial charge in [-0.05, 0) is 175 Å². The number of rotatable bonds is 5. The van der Waals surface area contributed by atoms with E-state index in [0.717, 1.165) is 11.4 Å². The smallest absolute Gasteiger partial charge is 0.252 e. The minimum absolute atomic E-state index is 0.00351. The van der Waals surface area contributed by atoms with Crippen LogP contribution in [0.25, 0.3) is 54.9 Å². The van der Waals surface area contributed by atoms with Crippen molar-refractivity contribution in [1.29, 1.82) is 0 Å². The van der Waals surface area contributed by atoms with Crippen LogP contribution in [-0.4, -0.2) is 6.71 Å². The molecule has 0 bridgehead atoms. The van der Waals surface area contributed by atoms with E-state index in [9.17, 15) is 0 Å². The standard InChI is InChI=1S/C76H77BN2/c1-72(2,3)52-29-24-48(25-30-52)51-45-67-71-68(46-51)79(58-40-35-55(36-41-58)75(10,11)12)66-47-56(76(13,14)15)37-43-64(66)77(71)63-42-28-50(44-65(63)78(67)57-38-33-54(34-39-57)74(7,8)9)70-61-22-18-16-20-59(61)69(60-21-17-19-23-62(60)70)49-26-31-53(32-27-49)73(4,5)6/h16-47H,1-15H3. The number of anilines is 6. The molecule has 0 saturated carbocycles. The molecular weight excluding hydrogens is 952 g/mol. The molecule has 2 heterocycles. The molecule has 79 heavy (non-hydrogen) atoms. The highest BCUT2D eigenvalue weighted by molar-refractivity contribution is 7.00. The van der Waals surface area contributed by atoms with Crippen molar-refractivity contribution in [3.05, 3.63) is 222 Å². The molecule has 2 aliphatic rings. The van der Waals surface area contributed by atoms with Crippen LogP contribution >= 0.6 is 0 Å². The average molecular weight is 1030 g/mol. The molecule has 0 aliphatic carbocycles. The first-order valence-electron chi connectivity index (χ1n) is 28.8. The fourth-order valence-electron chi connectivity index (χ4n) is 12.6. The molecule has 0 unspecified atom stereocenters. The maximum absolute atomic E-state index is 2.61. The highest BCUT2D eigenvalue weighted by Crippen LogP contribution is 2.50. The Labute approximate surface area is 472 Å². The van der Waals surface area contributed by atoms with Crippen LogP contribution in [0.5, 0.6) is 0 Å². The third-order valence-corrected chi connectivity index (χ3v) is 17.3. The van der Waals surface area contributed by atoms with Crippen LogP contribution in [-0.2, 0) is 27.1 Å². The lowest BCUT2D eigenvalue weighted by Crippen LogP contribution is -2.61. The van der Waals surface area contributed by atoms with Crippen molar-refractivity contribution < 1.29 is 0 Å². The lowest BCUT2D eigenvalue weighted by atomic mass is 9.33. The Bertz CT molecular complexity index is 3940. The number of benzene rings is 10. The van der Waals surface area contributed by atoms with E-state index in [4.69, 9.17) is 0 Å². The van der Waals surface area contributed by atoms with E-state index >= 15 is 0 Å². The number of nitrogens with zero attached hydrogens (tertiary/aromatic N) is 2. The Kier molecular flexibility index (Phi) is 12.2. The van der Waals surface area contributed by atoms with Crippen molar-refractivity contribution in [2.24, 2.45) is 0 Å². The maximum Gasteiger partial charge on any atom is 0.252 e. The molecule has 0 radical (unpaired) electrons. The van der Waals surface area contributed by atoms with Crippen LogP contribution in [0, 0.1) is 0 Å². The Hall–Kier alpha value is -7.62. The van der Waals surface area contributed by atoms with Crippen molar-refractivity contribution in [3.8, 4) is 33.4 Å². The zero-order valence-corrected chi connectivity index (χ0v) is 49.4. The summed E-state index contributed by atoms with van der Waals surface area (Å²) in [6.45, 7) is 34.6. The lowest BCUT2D eigenvalue weighted by molar-refractivity contribution is 0.590. The zero-order chi connectivity index (χ0) is 55.7. The van der Waals surface area contributed by atoms with Gasteiger partial charge in [-0.1, -0.05) is 249 Å². The van der Waals surface area contributed by atoms with Gasteiger partial charge >= 0.3 is 0 Å². The molecule has 2 nitrogen and oxygen atoms in total. The molecule has 0 aromatic heterocycles. The van der Waals surface area contributed by atoms with Crippen LogP contribution in [0.15, 0.2) is 194 Å². The molecule has 394 valence electrons. The van der Waals surface area contributed by atoms with Gasteiger partial charge in [0.25, 0.3) is 6.71 Å². The maximum atomic E-state index is 2.61. The molecule has 0 atom stereocenters. The summed E-state index contributed by atoms with van der Waals surface area (Å²) in [5.41, 5.74) is 25.2. The van der Waals surface area contributed by atoms with E-state index in [2.05, 4.69) is 308 Å². The number of fused-ring (bicyclic) bond motifs is 6. The summed E-state index contributed by atoms with van der Waals surface area (Å²) in [6.07, 6.45) is 0. The summed E-state index contributed by atoms with van der Waals surface area (Å²) < 4.78 is 0. The normalized spacial score (nSPS) is 13.7. The van der Waals surface area contributed by atoms with Gasteiger partial charge in [0.05, 0.1) is 0 Å². The molecule has 12 rings (SSSR count). The van der Waals surface area contributed by atoms with Gasteiger partial charge in [-0.2, -0.15) is 0 Å². The second-order valence-corrected chi connectivity index (χ2v) is 27.9. The van der Waals surface area contributed by atoms with E-state index in [1.54, 1.807) is 0 Å². The van der Waals surface area contributed by atoms with Crippen LogP contribution in [0.4, 0.5) is 34.1 Å². The van der Waals surface area contributed by atoms with Crippen LogP contribution < -0.4 is 26.2 Å². The summed E-state index contributed by atoms with van der Waals surface area (Å²) in [6, 6.07) is 75.6. The molecule has 10 aromatic carbocycles. The quantitative estimate of drug-likeness (QED) is 0.125. The summed E-state index contributed by atoms with van der Waals surface area (Å²) in [4.78, 5) is 5.20. The van der Waals surface area contributed by atoms with Gasteiger partial charge in [-0.3, -0.25) is 0 Å². The summed E-state index contributed by atoms with van der Waals surface area (Å²) >= 11 is 0. The second kappa shape index (κ2) is 18.5. The first-order chi connectivity index (χ1) is 37.3. The third kappa shape index (κ3) is 9.08. The largest absolute Gasteiger partial charge is 0.311 e. The van der Waals surface area contributed by atoms with Crippen molar-refractivity contribution in [2.45, 2.75) is 131 Å². The van der Waals surface area contributed by atoms with Crippen LogP contribution in [0.1, 0.15) is 132 Å². The van der Waals surface area contributed by atoms with Gasteiger partial charge < -0.3 is 9.80 Å². The molecule has 3 heteroatoms. The SMILES string of the molecule is CC(C)(C)c1ccc(-c2cc3c4c(c2)N(c2ccc(C(C)(C)C)cc2)c2cc(C(C)(C)C)ccc2B4c2ccc(-c4c5ccccc5c(-c5ccc(C(C)(C)C)cc5)c5ccccc45)cc2N3c2ccc(C(C)(C)C)cc2)cc1. The van der Waals surface area contributed by atoms with Crippen molar-refractivity contribution in [2.75, 3.05) is 9.80 Å². The summed E-state index contributed by atoms with van der Waals surface area (Å²) in [5, 5.41) is 5.02. The fourth-order valence-corrected chi connectivity index (χ4v) is 12.6. The fraction of sp³-hybridized carbons (Fsp3) is 0.263. The molecular formula is C76H77BN2. The van der Waals surface area contributed by atoms with Crippen molar-refractivity contribution in [3.63, 3.8) is 0 Å². The predicted octanol–water partition coefficient (Wildman–Crippen LogP) is 19.6. The Balaban J connectivity index is 1.17. The molecule has 0 spiro atoms. The topological polar surface area (TPSA) is 6.48 Å². The third-order valence-electron chi connectivity index (χ3n) is 17.3. The highest BCUT2D eigenvalue weighted by atomic mass is 15.2. The van der Waals surface area contributed by atoms with Gasteiger partial charge in [-0.15, -0.1) is 0 Å². The molecule has 2 aliphatic heterocycles. The van der Waals surface area contributed by atoms with Crippen LogP contribution in [0.3, 0.4) is 0 Å². The van der Waals surface area contributed by atoms with Crippen molar-refractivity contribution >= 4 is 78.8 Å². The molecule has 0 saturated heterocycles. The Morgan fingerprint density at radius 2 is 0.570 bits per heavy atom. The highest BCUT2D eigenvalue weighted by Gasteiger charge is 2.44. The van der Waals surface area contributed by atoms with Gasteiger partial charge in [0.15, 0.2) is 0 Å². The van der Waals surface area contributed by atoms with Gasteiger partial charge in [0.1, 0.15) is 0 Å². The van der Waals surface area contributed by atoms with Crippen molar-refractivity contribution in [1.82, 2.24) is 0 Å². The molecule has 10 aromatic rings.